The first kappa shape index (κ1) is 13.4. The van der Waals surface area contributed by atoms with Gasteiger partial charge in [-0.3, -0.25) is 4.90 Å². The fraction of sp³-hybridized carbons (Fsp3) is 0.500. The predicted octanol–water partition coefficient (Wildman–Crippen LogP) is 3.40. The van der Waals surface area contributed by atoms with Crippen molar-refractivity contribution < 1.29 is 5.21 Å². The molecule has 0 aromatic heterocycles. The molecular weight excluding hydrogens is 248 g/mol. The standard InChI is InChI=1S/C14H19ClN2O/c1-10-8-17(11(2)7-14(10)16-18)9-12-3-5-13(15)6-4-12/h3-6,10-11,18H,7-9H2,1-2H3/b16-14-. The highest BCUT2D eigenvalue weighted by atomic mass is 35.5. The van der Waals surface area contributed by atoms with Crippen LogP contribution in [-0.2, 0) is 6.54 Å². The molecule has 0 saturated carbocycles. The van der Waals surface area contributed by atoms with E-state index in [0.717, 1.165) is 30.2 Å². The van der Waals surface area contributed by atoms with Crippen molar-refractivity contribution in [2.75, 3.05) is 6.54 Å². The van der Waals surface area contributed by atoms with Crippen LogP contribution in [0.5, 0.6) is 0 Å². The topological polar surface area (TPSA) is 35.8 Å². The van der Waals surface area contributed by atoms with Gasteiger partial charge in [0.1, 0.15) is 0 Å². The van der Waals surface area contributed by atoms with Crippen LogP contribution in [0.3, 0.4) is 0 Å². The number of oxime groups is 1. The van der Waals surface area contributed by atoms with Crippen LogP contribution in [0, 0.1) is 5.92 Å². The summed E-state index contributed by atoms with van der Waals surface area (Å²) in [6, 6.07) is 8.39. The molecule has 2 atom stereocenters. The Morgan fingerprint density at radius 2 is 2.00 bits per heavy atom. The molecule has 0 spiro atoms. The highest BCUT2D eigenvalue weighted by molar-refractivity contribution is 6.30. The van der Waals surface area contributed by atoms with E-state index in [9.17, 15) is 0 Å². The first-order valence-corrected chi connectivity index (χ1v) is 6.67. The smallest absolute Gasteiger partial charge is 0.0627 e. The van der Waals surface area contributed by atoms with Crippen molar-refractivity contribution in [2.24, 2.45) is 11.1 Å². The fourth-order valence-electron chi connectivity index (χ4n) is 2.45. The van der Waals surface area contributed by atoms with Gasteiger partial charge in [-0.15, -0.1) is 0 Å². The van der Waals surface area contributed by atoms with Gasteiger partial charge in [0.25, 0.3) is 0 Å². The maximum atomic E-state index is 8.94. The molecule has 0 bridgehead atoms. The normalized spacial score (nSPS) is 27.6. The molecule has 3 nitrogen and oxygen atoms in total. The average Bonchev–Trinajstić information content (AvgIpc) is 2.36. The molecule has 1 saturated heterocycles. The van der Waals surface area contributed by atoms with Gasteiger partial charge in [-0.25, -0.2) is 0 Å². The molecule has 2 rings (SSSR count). The predicted molar refractivity (Wildman–Crippen MR) is 74.3 cm³/mol. The van der Waals surface area contributed by atoms with Crippen molar-refractivity contribution in [3.05, 3.63) is 34.9 Å². The van der Waals surface area contributed by atoms with Crippen LogP contribution >= 0.6 is 11.6 Å². The second kappa shape index (κ2) is 5.72. The SMILES string of the molecule is CC1CN(Cc2ccc(Cl)cc2)C(C)C/C1=N/O. The third kappa shape index (κ3) is 3.03. The molecule has 1 heterocycles. The minimum absolute atomic E-state index is 0.318. The Morgan fingerprint density at radius 3 is 2.61 bits per heavy atom. The second-order valence-electron chi connectivity index (χ2n) is 5.10. The van der Waals surface area contributed by atoms with E-state index < -0.39 is 0 Å². The zero-order valence-corrected chi connectivity index (χ0v) is 11.6. The molecule has 98 valence electrons. The third-order valence-corrected chi connectivity index (χ3v) is 3.88. The number of hydrogen-bond donors (Lipinski definition) is 1. The Balaban J connectivity index is 2.03. The van der Waals surface area contributed by atoms with E-state index >= 15 is 0 Å². The summed E-state index contributed by atoms with van der Waals surface area (Å²) < 4.78 is 0. The Labute approximate surface area is 113 Å². The number of halogens is 1. The van der Waals surface area contributed by atoms with Crippen molar-refractivity contribution in [1.29, 1.82) is 0 Å². The van der Waals surface area contributed by atoms with Gasteiger partial charge in [-0.2, -0.15) is 0 Å². The van der Waals surface area contributed by atoms with E-state index in [1.807, 2.05) is 12.1 Å². The lowest BCUT2D eigenvalue weighted by atomic mass is 9.92. The summed E-state index contributed by atoms with van der Waals surface area (Å²) in [6.45, 7) is 6.13. The number of rotatable bonds is 2. The zero-order valence-electron chi connectivity index (χ0n) is 10.8. The Hall–Kier alpha value is -1.06. The quantitative estimate of drug-likeness (QED) is 0.658. The lowest BCUT2D eigenvalue weighted by Gasteiger charge is -2.37. The summed E-state index contributed by atoms with van der Waals surface area (Å²) in [5.41, 5.74) is 2.18. The summed E-state index contributed by atoms with van der Waals surface area (Å²) in [6.07, 6.45) is 0.839. The third-order valence-electron chi connectivity index (χ3n) is 3.63. The van der Waals surface area contributed by atoms with Gasteiger partial charge >= 0.3 is 0 Å². The van der Waals surface area contributed by atoms with E-state index in [1.54, 1.807) is 0 Å². The number of nitrogens with zero attached hydrogens (tertiary/aromatic N) is 2. The number of benzene rings is 1. The molecule has 1 aromatic carbocycles. The Kier molecular flexibility index (Phi) is 4.25. The van der Waals surface area contributed by atoms with Crippen molar-refractivity contribution in [3.8, 4) is 0 Å². The average molecular weight is 267 g/mol. The highest BCUT2D eigenvalue weighted by Gasteiger charge is 2.27. The van der Waals surface area contributed by atoms with Crippen LogP contribution in [0.15, 0.2) is 29.4 Å². The van der Waals surface area contributed by atoms with Crippen LogP contribution in [-0.4, -0.2) is 28.4 Å². The van der Waals surface area contributed by atoms with Crippen molar-refractivity contribution in [1.82, 2.24) is 4.90 Å². The molecule has 1 N–H and O–H groups in total. The molecule has 1 fully saturated rings. The van der Waals surface area contributed by atoms with Gasteiger partial charge in [0.05, 0.1) is 5.71 Å². The largest absolute Gasteiger partial charge is 0.411 e. The minimum atomic E-state index is 0.318. The van der Waals surface area contributed by atoms with Gasteiger partial charge in [-0.1, -0.05) is 35.8 Å². The van der Waals surface area contributed by atoms with Crippen LogP contribution < -0.4 is 0 Å². The Morgan fingerprint density at radius 1 is 1.33 bits per heavy atom. The number of piperidine rings is 1. The molecule has 1 aliphatic heterocycles. The lowest BCUT2D eigenvalue weighted by Crippen LogP contribution is -2.44. The van der Waals surface area contributed by atoms with Crippen LogP contribution in [0.2, 0.25) is 5.02 Å². The first-order chi connectivity index (χ1) is 8.60. The molecule has 1 aromatic rings. The van der Waals surface area contributed by atoms with E-state index in [-0.39, 0.29) is 0 Å². The number of hydrogen-bond acceptors (Lipinski definition) is 3. The summed E-state index contributed by atoms with van der Waals surface area (Å²) in [5, 5.41) is 13.1. The van der Waals surface area contributed by atoms with Crippen molar-refractivity contribution in [2.45, 2.75) is 32.9 Å². The summed E-state index contributed by atoms with van der Waals surface area (Å²) in [4.78, 5) is 2.42. The summed E-state index contributed by atoms with van der Waals surface area (Å²) in [7, 11) is 0. The van der Waals surface area contributed by atoms with Crippen LogP contribution in [0.25, 0.3) is 0 Å². The molecule has 18 heavy (non-hydrogen) atoms. The van der Waals surface area contributed by atoms with E-state index in [2.05, 4.69) is 36.0 Å². The zero-order chi connectivity index (χ0) is 13.1. The molecule has 0 amide bonds. The van der Waals surface area contributed by atoms with Gasteiger partial charge in [0.15, 0.2) is 0 Å². The van der Waals surface area contributed by atoms with Crippen LogP contribution in [0.4, 0.5) is 0 Å². The number of likely N-dealkylation sites (tertiary alicyclic amines) is 1. The molecular formula is C14H19ClN2O. The maximum Gasteiger partial charge on any atom is 0.0627 e. The lowest BCUT2D eigenvalue weighted by molar-refractivity contribution is 0.168. The van der Waals surface area contributed by atoms with Gasteiger partial charge < -0.3 is 5.21 Å². The molecule has 0 aliphatic carbocycles. The molecule has 2 unspecified atom stereocenters. The summed E-state index contributed by atoms with van der Waals surface area (Å²) >= 11 is 5.89. The maximum absolute atomic E-state index is 8.94. The van der Waals surface area contributed by atoms with E-state index in [1.165, 1.54) is 5.56 Å². The van der Waals surface area contributed by atoms with E-state index in [4.69, 9.17) is 16.8 Å². The highest BCUT2D eigenvalue weighted by Crippen LogP contribution is 2.22. The van der Waals surface area contributed by atoms with Crippen LogP contribution in [0.1, 0.15) is 25.8 Å². The molecule has 0 radical (unpaired) electrons. The minimum Gasteiger partial charge on any atom is -0.411 e. The second-order valence-corrected chi connectivity index (χ2v) is 5.54. The molecule has 1 aliphatic rings. The fourth-order valence-corrected chi connectivity index (χ4v) is 2.58. The van der Waals surface area contributed by atoms with Gasteiger partial charge in [-0.05, 0) is 24.6 Å². The molecule has 4 heteroatoms. The van der Waals surface area contributed by atoms with Gasteiger partial charge in [0, 0.05) is 36.5 Å². The van der Waals surface area contributed by atoms with Crippen molar-refractivity contribution in [3.63, 3.8) is 0 Å². The Bertz CT molecular complexity index is 430. The first-order valence-electron chi connectivity index (χ1n) is 6.29. The van der Waals surface area contributed by atoms with Crippen molar-refractivity contribution >= 4 is 17.3 Å². The van der Waals surface area contributed by atoms with E-state index in [0.29, 0.717) is 12.0 Å². The van der Waals surface area contributed by atoms with Gasteiger partial charge in [0.2, 0.25) is 0 Å². The summed E-state index contributed by atoms with van der Waals surface area (Å²) in [5.74, 6) is 0.318. The monoisotopic (exact) mass is 266 g/mol.